The first-order valence-corrected chi connectivity index (χ1v) is 5.07. The van der Waals surface area contributed by atoms with Crippen molar-refractivity contribution in [3.05, 3.63) is 29.8 Å². The Bertz CT molecular complexity index is 507. The van der Waals surface area contributed by atoms with E-state index in [0.717, 1.165) is 0 Å². The molecule has 5 heteroatoms. The molecule has 5 nitrogen and oxygen atoms in total. The third-order valence-corrected chi connectivity index (χ3v) is 2.53. The number of ketones is 1. The second-order valence-electron chi connectivity index (χ2n) is 3.63. The molecule has 1 atom stereocenters. The Morgan fingerprint density at radius 1 is 1.41 bits per heavy atom. The van der Waals surface area contributed by atoms with Crippen molar-refractivity contribution in [2.24, 2.45) is 11.1 Å². The van der Waals surface area contributed by atoms with E-state index in [0.29, 0.717) is 17.0 Å². The lowest BCUT2D eigenvalue weighted by atomic mass is 9.94. The predicted molar refractivity (Wildman–Crippen MR) is 59.8 cm³/mol. The van der Waals surface area contributed by atoms with Crippen LogP contribution in [0, 0.1) is 5.92 Å². The lowest BCUT2D eigenvalue weighted by Gasteiger charge is -2.09. The summed E-state index contributed by atoms with van der Waals surface area (Å²) in [5.74, 6) is -1.34. The Kier molecular flexibility index (Phi) is 2.91. The second-order valence-corrected chi connectivity index (χ2v) is 3.63. The van der Waals surface area contributed by atoms with Gasteiger partial charge in [-0.25, -0.2) is 4.79 Å². The van der Waals surface area contributed by atoms with E-state index < -0.39 is 11.9 Å². The average Bonchev–Trinajstić information content (AvgIpc) is 2.71. The minimum Gasteiger partial charge on any atom is -0.496 e. The molecule has 1 unspecified atom stereocenters. The molecule has 0 saturated carbocycles. The summed E-state index contributed by atoms with van der Waals surface area (Å²) in [6, 6.07) is 7.04. The molecule has 0 radical (unpaired) electrons. The smallest absolute Gasteiger partial charge is 0.351 e. The van der Waals surface area contributed by atoms with E-state index in [2.05, 4.69) is 9.99 Å². The Balaban J connectivity index is 2.46. The summed E-state index contributed by atoms with van der Waals surface area (Å²) in [6.07, 6.45) is 0. The quantitative estimate of drug-likeness (QED) is 0.580. The maximum Gasteiger partial charge on any atom is 0.351 e. The van der Waals surface area contributed by atoms with Gasteiger partial charge in [0.1, 0.15) is 17.2 Å². The van der Waals surface area contributed by atoms with E-state index in [4.69, 9.17) is 4.74 Å². The normalized spacial score (nSPS) is 18.6. The lowest BCUT2D eigenvalue weighted by Crippen LogP contribution is -2.26. The molecule has 0 saturated heterocycles. The number of carbonyl (C=O) groups is 2. The van der Waals surface area contributed by atoms with Crippen LogP contribution >= 0.6 is 0 Å². The van der Waals surface area contributed by atoms with Crippen molar-refractivity contribution in [3.63, 3.8) is 0 Å². The van der Waals surface area contributed by atoms with Gasteiger partial charge in [0.15, 0.2) is 5.92 Å². The molecule has 1 aromatic rings. The van der Waals surface area contributed by atoms with Crippen LogP contribution in [0.4, 0.5) is 0 Å². The number of Topliss-reactive ketones (excluding diaryl/α,β-unsaturated/α-hetero) is 1. The van der Waals surface area contributed by atoms with Crippen LogP contribution in [0.15, 0.2) is 29.4 Å². The van der Waals surface area contributed by atoms with E-state index in [9.17, 15) is 9.59 Å². The Labute approximate surface area is 98.0 Å². The van der Waals surface area contributed by atoms with E-state index in [1.807, 2.05) is 0 Å². The summed E-state index contributed by atoms with van der Waals surface area (Å²) >= 11 is 0. The largest absolute Gasteiger partial charge is 0.496 e. The summed E-state index contributed by atoms with van der Waals surface area (Å²) in [4.78, 5) is 27.4. The van der Waals surface area contributed by atoms with Gasteiger partial charge in [0.25, 0.3) is 0 Å². The summed E-state index contributed by atoms with van der Waals surface area (Å²) < 4.78 is 5.16. The first kappa shape index (κ1) is 11.3. The van der Waals surface area contributed by atoms with Crippen molar-refractivity contribution in [3.8, 4) is 5.75 Å². The van der Waals surface area contributed by atoms with Crippen molar-refractivity contribution in [2.45, 2.75) is 6.92 Å². The molecule has 1 aromatic carbocycles. The van der Waals surface area contributed by atoms with Crippen molar-refractivity contribution < 1.29 is 19.2 Å². The number of hydrogen-bond donors (Lipinski definition) is 0. The fraction of sp³-hybridized carbons (Fsp3) is 0.250. The topological polar surface area (TPSA) is 65.0 Å². The summed E-state index contributed by atoms with van der Waals surface area (Å²) in [6.45, 7) is 1.34. The number of methoxy groups -OCH3 is 1. The minimum absolute atomic E-state index is 0.294. The average molecular weight is 233 g/mol. The van der Waals surface area contributed by atoms with Gasteiger partial charge < -0.3 is 9.57 Å². The van der Waals surface area contributed by atoms with Crippen molar-refractivity contribution in [1.82, 2.24) is 0 Å². The molecule has 2 rings (SSSR count). The molecule has 0 spiro atoms. The lowest BCUT2D eigenvalue weighted by molar-refractivity contribution is -0.145. The third kappa shape index (κ3) is 1.91. The molecule has 0 aliphatic carbocycles. The van der Waals surface area contributed by atoms with E-state index in [-0.39, 0.29) is 5.78 Å². The zero-order valence-electron chi connectivity index (χ0n) is 9.47. The molecule has 1 heterocycles. The summed E-state index contributed by atoms with van der Waals surface area (Å²) in [5, 5.41) is 3.66. The molecular formula is C12H11NO4. The number of benzene rings is 1. The highest BCUT2D eigenvalue weighted by Crippen LogP contribution is 2.26. The Morgan fingerprint density at radius 3 is 2.76 bits per heavy atom. The van der Waals surface area contributed by atoms with E-state index in [1.54, 1.807) is 24.3 Å². The molecule has 1 aliphatic heterocycles. The highest BCUT2D eigenvalue weighted by Gasteiger charge is 2.38. The van der Waals surface area contributed by atoms with Crippen molar-refractivity contribution >= 4 is 17.5 Å². The van der Waals surface area contributed by atoms with E-state index >= 15 is 0 Å². The number of para-hydroxylation sites is 1. The van der Waals surface area contributed by atoms with Crippen LogP contribution in [0.5, 0.6) is 5.75 Å². The maximum absolute atomic E-state index is 11.4. The second kappa shape index (κ2) is 4.37. The number of carbonyl (C=O) groups excluding carboxylic acids is 2. The zero-order chi connectivity index (χ0) is 12.4. The molecule has 0 bridgehead atoms. The van der Waals surface area contributed by atoms with E-state index in [1.165, 1.54) is 14.0 Å². The minimum atomic E-state index is -0.953. The molecule has 0 fully saturated rings. The van der Waals surface area contributed by atoms with Crippen molar-refractivity contribution in [2.75, 3.05) is 7.11 Å². The van der Waals surface area contributed by atoms with Gasteiger partial charge in [0.2, 0.25) is 0 Å². The van der Waals surface area contributed by atoms with Gasteiger partial charge in [-0.2, -0.15) is 0 Å². The maximum atomic E-state index is 11.4. The van der Waals surface area contributed by atoms with Gasteiger partial charge in [-0.05, 0) is 19.1 Å². The molecule has 88 valence electrons. The Hall–Kier alpha value is -2.17. The van der Waals surface area contributed by atoms with Gasteiger partial charge in [-0.15, -0.1) is 0 Å². The van der Waals surface area contributed by atoms with Gasteiger partial charge in [-0.3, -0.25) is 4.79 Å². The SMILES string of the molecule is COc1ccccc1C1=NOC(=O)C1C(C)=O. The van der Waals surface area contributed by atoms with Crippen LogP contribution in [0.25, 0.3) is 0 Å². The van der Waals surface area contributed by atoms with Crippen LogP contribution in [-0.4, -0.2) is 24.6 Å². The van der Waals surface area contributed by atoms with Crippen LogP contribution in [-0.2, 0) is 14.4 Å². The number of ether oxygens (including phenoxy) is 1. The summed E-state index contributed by atoms with van der Waals surface area (Å²) in [5.41, 5.74) is 0.904. The van der Waals surface area contributed by atoms with Gasteiger partial charge >= 0.3 is 5.97 Å². The molecular weight excluding hydrogens is 222 g/mol. The van der Waals surface area contributed by atoms with Gasteiger partial charge in [0, 0.05) is 5.56 Å². The first-order valence-electron chi connectivity index (χ1n) is 5.07. The Morgan fingerprint density at radius 2 is 2.12 bits per heavy atom. The molecule has 17 heavy (non-hydrogen) atoms. The third-order valence-electron chi connectivity index (χ3n) is 2.53. The van der Waals surface area contributed by atoms with Crippen LogP contribution < -0.4 is 4.74 Å². The number of rotatable bonds is 3. The van der Waals surface area contributed by atoms with Crippen LogP contribution in [0.1, 0.15) is 12.5 Å². The van der Waals surface area contributed by atoms with Gasteiger partial charge in [0.05, 0.1) is 7.11 Å². The molecule has 0 amide bonds. The van der Waals surface area contributed by atoms with Gasteiger partial charge in [-0.1, -0.05) is 17.3 Å². The standard InChI is InChI=1S/C12H11NO4/c1-7(14)10-11(13-17-12(10)15)8-5-3-4-6-9(8)16-2/h3-6,10H,1-2H3. The highest BCUT2D eigenvalue weighted by atomic mass is 16.7. The number of hydrogen-bond acceptors (Lipinski definition) is 5. The van der Waals surface area contributed by atoms with Crippen LogP contribution in [0.3, 0.4) is 0 Å². The number of nitrogens with zero attached hydrogens (tertiary/aromatic N) is 1. The highest BCUT2D eigenvalue weighted by molar-refractivity contribution is 6.26. The molecule has 0 N–H and O–H groups in total. The fourth-order valence-electron chi connectivity index (χ4n) is 1.73. The molecule has 0 aromatic heterocycles. The predicted octanol–water partition coefficient (Wildman–Crippen LogP) is 1.16. The summed E-state index contributed by atoms with van der Waals surface area (Å²) in [7, 11) is 1.51. The van der Waals surface area contributed by atoms with Crippen molar-refractivity contribution in [1.29, 1.82) is 0 Å². The fourth-order valence-corrected chi connectivity index (χ4v) is 1.73. The monoisotopic (exact) mass is 233 g/mol. The molecule has 1 aliphatic rings. The number of oxime groups is 1. The first-order chi connectivity index (χ1) is 8.15. The van der Waals surface area contributed by atoms with Crippen LogP contribution in [0.2, 0.25) is 0 Å². The zero-order valence-corrected chi connectivity index (χ0v) is 9.47.